The average molecular weight is 276 g/mol. The third-order valence-corrected chi connectivity index (χ3v) is 2.68. The molecule has 0 saturated heterocycles. The second-order valence-corrected chi connectivity index (χ2v) is 4.93. The summed E-state index contributed by atoms with van der Waals surface area (Å²) in [5, 5.41) is 35.5. The zero-order valence-electron chi connectivity index (χ0n) is 10.9. The molecule has 4 N–H and O–H groups in total. The summed E-state index contributed by atoms with van der Waals surface area (Å²) in [5.74, 6) is -1.63. The van der Waals surface area contributed by atoms with Crippen molar-refractivity contribution in [2.45, 2.75) is 33.1 Å². The molecule has 0 bridgehead atoms. The highest BCUT2D eigenvalue weighted by Crippen LogP contribution is 2.52. The van der Waals surface area contributed by atoms with Gasteiger partial charge < -0.3 is 19.6 Å². The van der Waals surface area contributed by atoms with Gasteiger partial charge in [0.15, 0.2) is 0 Å². The van der Waals surface area contributed by atoms with Crippen LogP contribution < -0.4 is 19.6 Å². The van der Waals surface area contributed by atoms with Crippen LogP contribution in [0.5, 0.6) is 23.0 Å². The molecule has 1 rings (SSSR count). The van der Waals surface area contributed by atoms with Crippen molar-refractivity contribution >= 4 is 0 Å². The molecule has 0 aromatic heterocycles. The Hall–Kier alpha value is -1.74. The summed E-state index contributed by atoms with van der Waals surface area (Å²) in [7, 11) is 0. The van der Waals surface area contributed by atoms with Crippen LogP contribution in [-0.2, 0) is 5.41 Å². The van der Waals surface area contributed by atoms with E-state index in [4.69, 9.17) is 21.0 Å². The van der Waals surface area contributed by atoms with Crippen molar-refractivity contribution in [3.8, 4) is 23.0 Å². The topological polar surface area (TPSA) is 118 Å². The van der Waals surface area contributed by atoms with Crippen molar-refractivity contribution in [2.24, 2.45) is 0 Å². The van der Waals surface area contributed by atoms with Gasteiger partial charge in [0.2, 0.25) is 11.5 Å². The van der Waals surface area contributed by atoms with Crippen molar-refractivity contribution in [2.75, 3.05) is 0 Å². The second-order valence-electron chi connectivity index (χ2n) is 4.93. The second kappa shape index (κ2) is 5.49. The first-order valence-corrected chi connectivity index (χ1v) is 5.30. The Labute approximate surface area is 109 Å². The molecule has 0 amide bonds. The predicted octanol–water partition coefficient (Wildman–Crippen LogP) is 2.70. The molecule has 8 nitrogen and oxygen atoms in total. The van der Waals surface area contributed by atoms with Gasteiger partial charge in [0.25, 0.3) is 11.5 Å². The maximum absolute atomic E-state index is 8.97. The summed E-state index contributed by atoms with van der Waals surface area (Å²) in [4.78, 5) is 16.4. The Morgan fingerprint density at radius 2 is 1.05 bits per heavy atom. The first kappa shape index (κ1) is 15.3. The minimum atomic E-state index is -0.559. The van der Waals surface area contributed by atoms with Crippen molar-refractivity contribution < 1.29 is 40.6 Å². The Morgan fingerprint density at radius 1 is 0.684 bits per heavy atom. The van der Waals surface area contributed by atoms with Crippen LogP contribution in [-0.4, -0.2) is 21.0 Å². The first-order valence-electron chi connectivity index (χ1n) is 5.30. The molecule has 0 aliphatic rings. The number of hydrogen-bond acceptors (Lipinski definition) is 8. The smallest absolute Gasteiger partial charge is 0.261 e. The van der Waals surface area contributed by atoms with Crippen LogP contribution in [0.15, 0.2) is 0 Å². The van der Waals surface area contributed by atoms with E-state index >= 15 is 0 Å². The average Bonchev–Trinajstić information content (AvgIpc) is 2.35. The molecule has 0 fully saturated rings. The van der Waals surface area contributed by atoms with E-state index < -0.39 is 16.9 Å². The lowest BCUT2D eigenvalue weighted by atomic mass is 9.82. The predicted molar refractivity (Wildman–Crippen MR) is 62.9 cm³/mol. The number of hydrogen-bond donors (Lipinski definition) is 4. The minimum Gasteiger partial charge on any atom is -0.336 e. The molecule has 8 heteroatoms. The monoisotopic (exact) mass is 276 g/mol. The molecular formula is C11H16O8. The van der Waals surface area contributed by atoms with E-state index in [-0.39, 0.29) is 11.5 Å². The van der Waals surface area contributed by atoms with Gasteiger partial charge in [0, 0.05) is 11.1 Å². The quantitative estimate of drug-likeness (QED) is 0.489. The van der Waals surface area contributed by atoms with Crippen molar-refractivity contribution in [3.63, 3.8) is 0 Å². The summed E-state index contributed by atoms with van der Waals surface area (Å²) in [6.45, 7) is 6.91. The van der Waals surface area contributed by atoms with Crippen LogP contribution in [0.25, 0.3) is 0 Å². The highest BCUT2D eigenvalue weighted by atomic mass is 17.1. The fourth-order valence-corrected chi connectivity index (χ4v) is 2.04. The van der Waals surface area contributed by atoms with Crippen molar-refractivity contribution in [3.05, 3.63) is 11.1 Å². The van der Waals surface area contributed by atoms with E-state index in [9.17, 15) is 0 Å². The molecule has 1 aromatic carbocycles. The molecule has 0 radical (unpaired) electrons. The van der Waals surface area contributed by atoms with E-state index in [1.54, 1.807) is 27.7 Å². The van der Waals surface area contributed by atoms with E-state index in [1.807, 2.05) is 0 Å². The summed E-state index contributed by atoms with van der Waals surface area (Å²) >= 11 is 0. The van der Waals surface area contributed by atoms with Gasteiger partial charge in [-0.3, -0.25) is 0 Å². The van der Waals surface area contributed by atoms with Gasteiger partial charge in [-0.1, -0.05) is 20.8 Å². The molecule has 0 saturated carbocycles. The Balaban J connectivity index is 3.83. The lowest BCUT2D eigenvalue weighted by Crippen LogP contribution is -2.17. The highest BCUT2D eigenvalue weighted by molar-refractivity contribution is 5.67. The number of rotatable bonds is 4. The fraction of sp³-hybridized carbons (Fsp3) is 0.455. The Morgan fingerprint density at radius 3 is 1.37 bits per heavy atom. The van der Waals surface area contributed by atoms with Crippen molar-refractivity contribution in [1.29, 1.82) is 0 Å². The normalized spacial score (nSPS) is 11.2. The summed E-state index contributed by atoms with van der Waals surface area (Å²) in [6, 6.07) is 0. The van der Waals surface area contributed by atoms with Crippen LogP contribution >= 0.6 is 0 Å². The Bertz CT molecular complexity index is 463. The molecular weight excluding hydrogens is 260 g/mol. The van der Waals surface area contributed by atoms with Crippen molar-refractivity contribution in [1.82, 2.24) is 0 Å². The molecule has 0 spiro atoms. The Kier molecular flexibility index (Phi) is 4.43. The van der Waals surface area contributed by atoms with E-state index in [1.165, 1.54) is 0 Å². The maximum Gasteiger partial charge on any atom is 0.261 e. The standard InChI is InChI=1S/C11H16O8/c1-5-6(11(2,3)4)8(17-13)10(19-15)9(18-14)7(5)16-12/h12-15H,1-4H3. The molecule has 0 heterocycles. The van der Waals surface area contributed by atoms with Gasteiger partial charge in [-0.15, -0.1) is 0 Å². The highest BCUT2D eigenvalue weighted by Gasteiger charge is 2.34. The van der Waals surface area contributed by atoms with Gasteiger partial charge in [-0.25, -0.2) is 21.0 Å². The molecule has 19 heavy (non-hydrogen) atoms. The summed E-state index contributed by atoms with van der Waals surface area (Å²) in [6.07, 6.45) is 0. The molecule has 0 aliphatic carbocycles. The lowest BCUT2D eigenvalue weighted by molar-refractivity contribution is -0.187. The lowest BCUT2D eigenvalue weighted by Gasteiger charge is -2.25. The third kappa shape index (κ3) is 2.51. The van der Waals surface area contributed by atoms with E-state index in [0.29, 0.717) is 11.1 Å². The van der Waals surface area contributed by atoms with Gasteiger partial charge >= 0.3 is 0 Å². The van der Waals surface area contributed by atoms with Gasteiger partial charge in [-0.2, -0.15) is 0 Å². The molecule has 108 valence electrons. The molecule has 0 aliphatic heterocycles. The minimum absolute atomic E-state index is 0.266. The molecule has 1 aromatic rings. The molecule has 0 atom stereocenters. The van der Waals surface area contributed by atoms with Gasteiger partial charge in [-0.05, 0) is 12.3 Å². The van der Waals surface area contributed by atoms with Crippen LogP contribution in [0.1, 0.15) is 31.9 Å². The SMILES string of the molecule is Cc1c(OO)c(OO)c(OO)c(OO)c1C(C)(C)C. The third-order valence-electron chi connectivity index (χ3n) is 2.68. The van der Waals surface area contributed by atoms with Crippen LogP contribution in [0.4, 0.5) is 0 Å². The van der Waals surface area contributed by atoms with Crippen LogP contribution in [0.3, 0.4) is 0 Å². The zero-order valence-corrected chi connectivity index (χ0v) is 10.9. The number of benzene rings is 1. The van der Waals surface area contributed by atoms with Crippen LogP contribution in [0, 0.1) is 6.92 Å². The summed E-state index contributed by atoms with van der Waals surface area (Å²) < 4.78 is 0. The van der Waals surface area contributed by atoms with E-state index in [2.05, 4.69) is 19.6 Å². The maximum atomic E-state index is 8.97. The largest absolute Gasteiger partial charge is 0.336 e. The molecule has 0 unspecified atom stereocenters. The zero-order chi connectivity index (χ0) is 14.8. The van der Waals surface area contributed by atoms with E-state index in [0.717, 1.165) is 0 Å². The van der Waals surface area contributed by atoms with Gasteiger partial charge in [0.05, 0.1) is 0 Å². The fourth-order valence-electron chi connectivity index (χ4n) is 2.04. The van der Waals surface area contributed by atoms with Gasteiger partial charge in [0.1, 0.15) is 0 Å². The first-order chi connectivity index (χ1) is 8.83. The van der Waals surface area contributed by atoms with Crippen LogP contribution in [0.2, 0.25) is 0 Å². The summed E-state index contributed by atoms with van der Waals surface area (Å²) in [5.41, 5.74) is 0.143.